The largest absolute Gasteiger partial charge is 0.494 e. The molecule has 0 radical (unpaired) electrons. The predicted molar refractivity (Wildman–Crippen MR) is 125 cm³/mol. The maximum absolute atomic E-state index is 14.9. The fourth-order valence-electron chi connectivity index (χ4n) is 6.47. The van der Waals surface area contributed by atoms with Crippen LogP contribution < -0.4 is 0 Å². The van der Waals surface area contributed by atoms with Crippen LogP contribution in [0.2, 0.25) is 0 Å². The van der Waals surface area contributed by atoms with Gasteiger partial charge in [0.2, 0.25) is 0 Å². The molecule has 0 amide bonds. The summed E-state index contributed by atoms with van der Waals surface area (Å²) in [7, 11) is 1.34. The molecule has 0 saturated heterocycles. The molecular weight excluding hydrogens is 444 g/mol. The minimum Gasteiger partial charge on any atom is -0.494 e. The van der Waals surface area contributed by atoms with Crippen molar-refractivity contribution < 1.29 is 27.0 Å². The van der Waals surface area contributed by atoms with Crippen molar-refractivity contribution in [2.75, 3.05) is 13.7 Å². The highest BCUT2D eigenvalue weighted by Gasteiger charge is 2.37. The molecule has 0 aromatic rings. The first-order valence-corrected chi connectivity index (χ1v) is 13.1. The minimum absolute atomic E-state index is 0.0187. The van der Waals surface area contributed by atoms with Gasteiger partial charge in [-0.15, -0.1) is 0 Å². The summed E-state index contributed by atoms with van der Waals surface area (Å²) in [6.07, 6.45) is 12.8. The molecule has 4 aliphatic carbocycles. The summed E-state index contributed by atoms with van der Waals surface area (Å²) in [5, 5.41) is 0. The first kappa shape index (κ1) is 25.4. The number of methoxy groups -OCH3 is 1. The van der Waals surface area contributed by atoms with E-state index in [1.54, 1.807) is 12.2 Å². The van der Waals surface area contributed by atoms with E-state index >= 15 is 0 Å². The van der Waals surface area contributed by atoms with Gasteiger partial charge in [-0.25, -0.2) is 17.6 Å². The Bertz CT molecular complexity index is 842. The first-order valence-electron chi connectivity index (χ1n) is 13.1. The Morgan fingerprint density at radius 2 is 1.18 bits per heavy atom. The molecule has 34 heavy (non-hydrogen) atoms. The predicted octanol–water partition coefficient (Wildman–Crippen LogP) is 8.78. The second-order valence-corrected chi connectivity index (χ2v) is 10.6. The third-order valence-corrected chi connectivity index (χ3v) is 8.81. The Morgan fingerprint density at radius 1 is 0.706 bits per heavy atom. The van der Waals surface area contributed by atoms with E-state index < -0.39 is 29.2 Å². The smallest absolute Gasteiger partial charge is 0.196 e. The summed E-state index contributed by atoms with van der Waals surface area (Å²) in [6, 6.07) is 0. The number of rotatable bonds is 7. The van der Waals surface area contributed by atoms with E-state index in [0.717, 1.165) is 57.3 Å². The van der Waals surface area contributed by atoms with Crippen molar-refractivity contribution in [2.24, 2.45) is 35.5 Å². The SMILES string of the molecule is CCC1CCC(C2CC=C(OCC3CCC(C4CC=C(OC)C(F)=C4F)CC3)C(F)=C2F)CC1. The Morgan fingerprint density at radius 3 is 1.68 bits per heavy atom. The lowest BCUT2D eigenvalue weighted by molar-refractivity contribution is 0.107. The third kappa shape index (κ3) is 5.41. The topological polar surface area (TPSA) is 18.5 Å². The molecule has 0 aromatic heterocycles. The highest BCUT2D eigenvalue weighted by molar-refractivity contribution is 5.30. The van der Waals surface area contributed by atoms with Gasteiger partial charge in [-0.2, -0.15) is 0 Å². The first-order chi connectivity index (χ1) is 16.4. The molecule has 6 heteroatoms. The van der Waals surface area contributed by atoms with Crippen molar-refractivity contribution in [2.45, 2.75) is 77.6 Å². The Labute approximate surface area is 201 Å². The molecule has 4 aliphatic rings. The molecule has 2 atom stereocenters. The van der Waals surface area contributed by atoms with Gasteiger partial charge in [0.1, 0.15) is 11.7 Å². The van der Waals surface area contributed by atoms with Crippen LogP contribution in [0.3, 0.4) is 0 Å². The Hall–Kier alpha value is -1.72. The maximum atomic E-state index is 14.9. The van der Waals surface area contributed by atoms with Crippen molar-refractivity contribution in [3.05, 3.63) is 47.0 Å². The van der Waals surface area contributed by atoms with Crippen LogP contribution in [-0.2, 0) is 9.47 Å². The van der Waals surface area contributed by atoms with Gasteiger partial charge < -0.3 is 9.47 Å². The molecule has 190 valence electrons. The molecule has 0 N–H and O–H groups in total. The van der Waals surface area contributed by atoms with Crippen molar-refractivity contribution in [3.8, 4) is 0 Å². The van der Waals surface area contributed by atoms with Crippen LogP contribution in [-0.4, -0.2) is 13.7 Å². The number of ether oxygens (including phenoxy) is 2. The molecule has 2 saturated carbocycles. The fourth-order valence-corrected chi connectivity index (χ4v) is 6.47. The van der Waals surface area contributed by atoms with E-state index in [0.29, 0.717) is 19.4 Å². The van der Waals surface area contributed by atoms with Crippen LogP contribution in [0.25, 0.3) is 0 Å². The van der Waals surface area contributed by atoms with Crippen molar-refractivity contribution in [1.29, 1.82) is 0 Å². The highest BCUT2D eigenvalue weighted by Crippen LogP contribution is 2.45. The summed E-state index contributed by atoms with van der Waals surface area (Å²) in [6.45, 7) is 2.53. The van der Waals surface area contributed by atoms with Crippen molar-refractivity contribution in [3.63, 3.8) is 0 Å². The second kappa shape index (κ2) is 11.3. The molecule has 0 bridgehead atoms. The lowest BCUT2D eigenvalue weighted by Gasteiger charge is -2.35. The molecule has 2 nitrogen and oxygen atoms in total. The molecular formula is C28H38F4O2. The quantitative estimate of drug-likeness (QED) is 0.338. The summed E-state index contributed by atoms with van der Waals surface area (Å²) in [4.78, 5) is 0. The Balaban J connectivity index is 1.25. The van der Waals surface area contributed by atoms with E-state index in [2.05, 4.69) is 6.92 Å². The van der Waals surface area contributed by atoms with Gasteiger partial charge in [0.15, 0.2) is 23.2 Å². The third-order valence-electron chi connectivity index (χ3n) is 8.81. The molecule has 0 aliphatic heterocycles. The fraction of sp³-hybridized carbons (Fsp3) is 0.714. The molecule has 0 heterocycles. The lowest BCUT2D eigenvalue weighted by atomic mass is 9.72. The normalized spacial score (nSPS) is 35.1. The molecule has 2 fully saturated rings. The average Bonchev–Trinajstić information content (AvgIpc) is 2.87. The maximum Gasteiger partial charge on any atom is 0.196 e. The van der Waals surface area contributed by atoms with E-state index in [1.165, 1.54) is 13.5 Å². The second-order valence-electron chi connectivity index (χ2n) is 10.6. The van der Waals surface area contributed by atoms with Crippen molar-refractivity contribution in [1.82, 2.24) is 0 Å². The monoisotopic (exact) mass is 482 g/mol. The number of halogens is 4. The zero-order chi connectivity index (χ0) is 24.2. The molecule has 4 rings (SSSR count). The molecule has 0 spiro atoms. The van der Waals surface area contributed by atoms with Crippen molar-refractivity contribution >= 4 is 0 Å². The Kier molecular flexibility index (Phi) is 8.47. The van der Waals surface area contributed by atoms with E-state index in [1.807, 2.05) is 0 Å². The standard InChI is InChI=1S/C28H38F4O2/c1-3-17-4-8-19(9-5-17)22-13-15-24(28(32)26(22)30)34-16-18-6-10-20(11-7-18)21-12-14-23(33-2)27(31)25(21)29/h14-15,17-22H,3-13,16H2,1-2H3. The van der Waals surface area contributed by atoms with Gasteiger partial charge >= 0.3 is 0 Å². The van der Waals surface area contributed by atoms with Crippen LogP contribution in [0.5, 0.6) is 0 Å². The zero-order valence-electron chi connectivity index (χ0n) is 20.4. The van der Waals surface area contributed by atoms with Crippen LogP contribution >= 0.6 is 0 Å². The molecule has 0 aromatic carbocycles. The average molecular weight is 483 g/mol. The van der Waals surface area contributed by atoms with Gasteiger partial charge in [-0.3, -0.25) is 0 Å². The van der Waals surface area contributed by atoms with E-state index in [-0.39, 0.29) is 35.2 Å². The van der Waals surface area contributed by atoms with E-state index in [9.17, 15) is 17.6 Å². The van der Waals surface area contributed by atoms with Gasteiger partial charge in [-0.1, -0.05) is 26.2 Å². The molecule has 2 unspecified atom stereocenters. The van der Waals surface area contributed by atoms with Gasteiger partial charge in [0.05, 0.1) is 13.7 Å². The lowest BCUT2D eigenvalue weighted by Crippen LogP contribution is -2.26. The number of hydrogen-bond acceptors (Lipinski definition) is 2. The van der Waals surface area contributed by atoms with Gasteiger partial charge in [0, 0.05) is 11.8 Å². The van der Waals surface area contributed by atoms with Gasteiger partial charge in [-0.05, 0) is 87.2 Å². The highest BCUT2D eigenvalue weighted by atomic mass is 19.2. The van der Waals surface area contributed by atoms with Crippen LogP contribution in [0.4, 0.5) is 17.6 Å². The number of hydrogen-bond donors (Lipinski definition) is 0. The minimum atomic E-state index is -0.880. The van der Waals surface area contributed by atoms with Crippen LogP contribution in [0.1, 0.15) is 77.6 Å². The summed E-state index contributed by atoms with van der Waals surface area (Å²) >= 11 is 0. The summed E-state index contributed by atoms with van der Waals surface area (Å²) in [5.41, 5.74) is 0. The van der Waals surface area contributed by atoms with Crippen LogP contribution in [0.15, 0.2) is 47.0 Å². The summed E-state index contributed by atoms with van der Waals surface area (Å²) < 4.78 is 68.9. The van der Waals surface area contributed by atoms with Gasteiger partial charge in [0.25, 0.3) is 0 Å². The van der Waals surface area contributed by atoms with E-state index in [4.69, 9.17) is 9.47 Å². The van der Waals surface area contributed by atoms with Crippen LogP contribution in [0, 0.1) is 35.5 Å². The zero-order valence-corrected chi connectivity index (χ0v) is 20.4. The number of allylic oxidation sites excluding steroid dienone is 6. The summed E-state index contributed by atoms with van der Waals surface area (Å²) in [5.74, 6) is -2.59.